The zero-order chi connectivity index (χ0) is 14.6. The Morgan fingerprint density at radius 1 is 0.900 bits per heavy atom. The van der Waals surface area contributed by atoms with Gasteiger partial charge in [0.05, 0.1) is 0 Å². The van der Waals surface area contributed by atoms with E-state index in [-0.39, 0.29) is 0 Å². The highest BCUT2D eigenvalue weighted by molar-refractivity contribution is 5.08. The lowest BCUT2D eigenvalue weighted by atomic mass is 9.44. The molecule has 3 unspecified atom stereocenters. The lowest BCUT2D eigenvalue weighted by Gasteiger charge is -2.61. The molecule has 0 saturated heterocycles. The van der Waals surface area contributed by atoms with Crippen molar-refractivity contribution in [1.82, 2.24) is 0 Å². The predicted octanol–water partition coefficient (Wildman–Crippen LogP) is 6.22. The van der Waals surface area contributed by atoms with Crippen LogP contribution in [-0.4, -0.2) is 0 Å². The van der Waals surface area contributed by atoms with Gasteiger partial charge in [-0.15, -0.1) is 6.58 Å². The standard InChI is InChI=1S/C20H34/c1-6-19(4)12-13-20(5)15(14-19)9-10-16-17(20)8-7-11-18(16,2)3/h6,15-17H,1,7-14H2,2-5H3/t15-,16?,17?,19?,20-/m1/s1. The Balaban J connectivity index is 1.87. The van der Waals surface area contributed by atoms with E-state index in [0.717, 1.165) is 17.8 Å². The van der Waals surface area contributed by atoms with Crippen LogP contribution in [0.3, 0.4) is 0 Å². The van der Waals surface area contributed by atoms with Crippen molar-refractivity contribution >= 4 is 0 Å². The van der Waals surface area contributed by atoms with Gasteiger partial charge in [0, 0.05) is 0 Å². The van der Waals surface area contributed by atoms with Gasteiger partial charge < -0.3 is 0 Å². The molecule has 20 heavy (non-hydrogen) atoms. The summed E-state index contributed by atoms with van der Waals surface area (Å²) in [5.41, 5.74) is 1.64. The topological polar surface area (TPSA) is 0 Å². The van der Waals surface area contributed by atoms with Gasteiger partial charge in [0.1, 0.15) is 0 Å². The highest BCUT2D eigenvalue weighted by Crippen LogP contribution is 2.64. The first kappa shape index (κ1) is 14.7. The minimum absolute atomic E-state index is 0.418. The molecule has 0 N–H and O–H groups in total. The lowest BCUT2D eigenvalue weighted by Crippen LogP contribution is -2.53. The van der Waals surface area contributed by atoms with Gasteiger partial charge in [-0.3, -0.25) is 0 Å². The molecule has 0 radical (unpaired) electrons. The third-order valence-electron chi connectivity index (χ3n) is 7.87. The smallest absolute Gasteiger partial charge is 0.0146 e. The molecule has 3 rings (SSSR count). The van der Waals surface area contributed by atoms with Gasteiger partial charge in [-0.2, -0.15) is 0 Å². The summed E-state index contributed by atoms with van der Waals surface area (Å²) in [5, 5.41) is 0. The van der Waals surface area contributed by atoms with Gasteiger partial charge in [-0.1, -0.05) is 40.2 Å². The van der Waals surface area contributed by atoms with Gasteiger partial charge in [0.15, 0.2) is 0 Å². The summed E-state index contributed by atoms with van der Waals surface area (Å²) >= 11 is 0. The Hall–Kier alpha value is -0.260. The molecule has 3 aliphatic carbocycles. The number of hydrogen-bond acceptors (Lipinski definition) is 0. The fraction of sp³-hybridized carbons (Fsp3) is 0.900. The molecule has 0 amide bonds. The van der Waals surface area contributed by atoms with Crippen molar-refractivity contribution in [3.8, 4) is 0 Å². The minimum Gasteiger partial charge on any atom is -0.103 e. The molecule has 0 heterocycles. The van der Waals surface area contributed by atoms with Gasteiger partial charge >= 0.3 is 0 Å². The lowest BCUT2D eigenvalue weighted by molar-refractivity contribution is -0.113. The van der Waals surface area contributed by atoms with E-state index in [1.165, 1.54) is 51.4 Å². The molecule has 0 nitrogen and oxygen atoms in total. The summed E-state index contributed by atoms with van der Waals surface area (Å²) in [5.74, 6) is 2.94. The van der Waals surface area contributed by atoms with E-state index in [2.05, 4.69) is 40.3 Å². The van der Waals surface area contributed by atoms with E-state index in [4.69, 9.17) is 0 Å². The van der Waals surface area contributed by atoms with Crippen LogP contribution in [0.1, 0.15) is 79.1 Å². The highest BCUT2D eigenvalue weighted by Gasteiger charge is 2.55. The summed E-state index contributed by atoms with van der Waals surface area (Å²) in [4.78, 5) is 0. The van der Waals surface area contributed by atoms with Crippen molar-refractivity contribution in [3.63, 3.8) is 0 Å². The highest BCUT2D eigenvalue weighted by atomic mass is 14.6. The van der Waals surface area contributed by atoms with E-state index in [9.17, 15) is 0 Å². The Kier molecular flexibility index (Phi) is 3.39. The summed E-state index contributed by atoms with van der Waals surface area (Å²) in [6.45, 7) is 14.3. The zero-order valence-electron chi connectivity index (χ0n) is 14.2. The first-order valence-electron chi connectivity index (χ1n) is 8.94. The Bertz CT molecular complexity index is 393. The number of rotatable bonds is 1. The molecular formula is C20H34. The summed E-state index contributed by atoms with van der Waals surface area (Å²) in [6.07, 6.45) is 13.9. The molecule has 0 spiro atoms. The SMILES string of the molecule is C=CC1(C)CC[C@@]2(C)C3CCCC(C)(C)C3CC[C@@H]2C1. The van der Waals surface area contributed by atoms with Crippen LogP contribution < -0.4 is 0 Å². The van der Waals surface area contributed by atoms with Crippen molar-refractivity contribution in [2.75, 3.05) is 0 Å². The van der Waals surface area contributed by atoms with Crippen LogP contribution in [0.4, 0.5) is 0 Å². The fourth-order valence-corrected chi connectivity index (χ4v) is 6.23. The molecule has 3 saturated carbocycles. The van der Waals surface area contributed by atoms with Crippen molar-refractivity contribution < 1.29 is 0 Å². The second-order valence-electron chi connectivity index (χ2n) is 9.44. The van der Waals surface area contributed by atoms with E-state index in [1.807, 2.05) is 0 Å². The maximum absolute atomic E-state index is 4.12. The van der Waals surface area contributed by atoms with E-state index in [1.54, 1.807) is 0 Å². The van der Waals surface area contributed by atoms with Crippen LogP contribution in [0.2, 0.25) is 0 Å². The molecule has 0 aliphatic heterocycles. The number of allylic oxidation sites excluding steroid dienone is 1. The molecular weight excluding hydrogens is 240 g/mol. The molecule has 3 aliphatic rings. The molecule has 0 aromatic rings. The minimum atomic E-state index is 0.418. The van der Waals surface area contributed by atoms with Crippen LogP contribution in [0.15, 0.2) is 12.7 Å². The summed E-state index contributed by atoms with van der Waals surface area (Å²) in [7, 11) is 0. The Labute approximate surface area is 126 Å². The third-order valence-corrected chi connectivity index (χ3v) is 7.87. The Morgan fingerprint density at radius 2 is 1.65 bits per heavy atom. The van der Waals surface area contributed by atoms with Gasteiger partial charge in [0.25, 0.3) is 0 Å². The van der Waals surface area contributed by atoms with Gasteiger partial charge in [-0.05, 0) is 78.9 Å². The van der Waals surface area contributed by atoms with E-state index >= 15 is 0 Å². The van der Waals surface area contributed by atoms with Crippen molar-refractivity contribution in [2.45, 2.75) is 79.1 Å². The van der Waals surface area contributed by atoms with Crippen molar-refractivity contribution in [1.29, 1.82) is 0 Å². The van der Waals surface area contributed by atoms with Crippen molar-refractivity contribution in [3.05, 3.63) is 12.7 Å². The number of hydrogen-bond donors (Lipinski definition) is 0. The quantitative estimate of drug-likeness (QED) is 0.498. The maximum Gasteiger partial charge on any atom is -0.0146 e. The first-order valence-corrected chi connectivity index (χ1v) is 8.94. The predicted molar refractivity (Wildman–Crippen MR) is 87.6 cm³/mol. The molecule has 3 fully saturated rings. The summed E-state index contributed by atoms with van der Waals surface area (Å²) < 4.78 is 0. The average molecular weight is 274 g/mol. The van der Waals surface area contributed by atoms with E-state index < -0.39 is 0 Å². The molecule has 0 heteroatoms. The average Bonchev–Trinajstić information content (AvgIpc) is 2.40. The number of fused-ring (bicyclic) bond motifs is 3. The second kappa shape index (κ2) is 4.62. The monoisotopic (exact) mass is 274 g/mol. The van der Waals surface area contributed by atoms with Crippen LogP contribution in [0.25, 0.3) is 0 Å². The van der Waals surface area contributed by atoms with Crippen LogP contribution in [0, 0.1) is 34.0 Å². The van der Waals surface area contributed by atoms with Crippen molar-refractivity contribution in [2.24, 2.45) is 34.0 Å². The fourth-order valence-electron chi connectivity index (χ4n) is 6.23. The first-order chi connectivity index (χ1) is 9.31. The zero-order valence-corrected chi connectivity index (χ0v) is 14.2. The van der Waals surface area contributed by atoms with Gasteiger partial charge in [-0.25, -0.2) is 0 Å². The molecule has 114 valence electrons. The molecule has 0 bridgehead atoms. The van der Waals surface area contributed by atoms with E-state index in [0.29, 0.717) is 16.2 Å². The molecule has 0 aromatic heterocycles. The molecule has 5 atom stereocenters. The molecule has 0 aromatic carbocycles. The maximum atomic E-state index is 4.12. The third kappa shape index (κ3) is 2.09. The van der Waals surface area contributed by atoms with Gasteiger partial charge in [0.2, 0.25) is 0 Å². The largest absolute Gasteiger partial charge is 0.103 e. The summed E-state index contributed by atoms with van der Waals surface area (Å²) in [6, 6.07) is 0. The van der Waals surface area contributed by atoms with Crippen LogP contribution >= 0.6 is 0 Å². The van der Waals surface area contributed by atoms with Crippen LogP contribution in [0.5, 0.6) is 0 Å². The van der Waals surface area contributed by atoms with Crippen LogP contribution in [-0.2, 0) is 0 Å². The normalized spacial score (nSPS) is 50.9. The Morgan fingerprint density at radius 3 is 2.35 bits per heavy atom. The second-order valence-corrected chi connectivity index (χ2v) is 9.44.